The third-order valence-corrected chi connectivity index (χ3v) is 12.0. The van der Waals surface area contributed by atoms with Gasteiger partial charge in [-0.15, -0.1) is 0 Å². The number of nitrogens with one attached hydrogen (secondary N) is 6. The van der Waals surface area contributed by atoms with E-state index in [1.165, 1.54) is 28.9 Å². The normalized spacial score (nSPS) is 18.8. The van der Waals surface area contributed by atoms with Gasteiger partial charge >= 0.3 is 11.9 Å². The van der Waals surface area contributed by atoms with E-state index in [9.17, 15) is 68.4 Å². The number of hydrogen-bond donors (Lipinski definition) is 11. The summed E-state index contributed by atoms with van der Waals surface area (Å²) in [6.07, 6.45) is -0.914. The van der Waals surface area contributed by atoms with Gasteiger partial charge in [-0.25, -0.2) is 4.79 Å². The number of carbonyl (C=O) groups is 10. The minimum atomic E-state index is -1.57. The Hall–Kier alpha value is -6.36. The van der Waals surface area contributed by atoms with E-state index in [0.717, 1.165) is 0 Å². The first-order chi connectivity index (χ1) is 32.3. The number of likely N-dealkylation sites (tertiary alicyclic amines) is 2. The minimum Gasteiger partial charge on any atom is -0.508 e. The second kappa shape index (κ2) is 26.4. The van der Waals surface area contributed by atoms with Gasteiger partial charge in [0.15, 0.2) is 0 Å². The largest absolute Gasteiger partial charge is 0.508 e. The molecule has 1 aromatic carbocycles. The number of carboxylic acids is 2. The van der Waals surface area contributed by atoms with Crippen molar-refractivity contribution in [3.63, 3.8) is 0 Å². The van der Waals surface area contributed by atoms with E-state index in [0.29, 0.717) is 18.4 Å². The molecule has 2 fully saturated rings. The van der Waals surface area contributed by atoms with Crippen molar-refractivity contribution >= 4 is 59.2 Å². The summed E-state index contributed by atoms with van der Waals surface area (Å²) >= 11 is 0. The molecule has 3 rings (SSSR count). The molecular formula is C46H71N9O14. The Morgan fingerprint density at radius 2 is 1.20 bits per heavy atom. The lowest BCUT2D eigenvalue weighted by Gasteiger charge is -2.31. The monoisotopic (exact) mass is 974 g/mol. The van der Waals surface area contributed by atoms with Gasteiger partial charge in [0, 0.05) is 19.5 Å². The van der Waals surface area contributed by atoms with Crippen LogP contribution in [0, 0.1) is 17.8 Å². The van der Waals surface area contributed by atoms with Crippen molar-refractivity contribution in [1.82, 2.24) is 41.7 Å². The zero-order chi connectivity index (χ0) is 51.9. The molecule has 23 nitrogen and oxygen atoms in total. The number of nitrogens with two attached hydrogens (primary N) is 1. The molecule has 2 heterocycles. The van der Waals surface area contributed by atoms with Gasteiger partial charge < -0.3 is 67.9 Å². The summed E-state index contributed by atoms with van der Waals surface area (Å²) in [4.78, 5) is 134. The Morgan fingerprint density at radius 1 is 0.667 bits per heavy atom. The van der Waals surface area contributed by atoms with Crippen molar-refractivity contribution in [1.29, 1.82) is 0 Å². The van der Waals surface area contributed by atoms with E-state index in [4.69, 9.17) is 5.73 Å². The zero-order valence-electron chi connectivity index (χ0n) is 40.4. The fraction of sp³-hybridized carbons (Fsp3) is 0.652. The summed E-state index contributed by atoms with van der Waals surface area (Å²) in [6.45, 7) is 10.9. The maximum Gasteiger partial charge on any atom is 0.326 e. The van der Waals surface area contributed by atoms with Crippen molar-refractivity contribution in [2.24, 2.45) is 23.5 Å². The standard InChI is InChI=1S/C46H71N9O14/c1-23(2)20-31(50-39(61)29(47)21-27-12-14-28(57)15-13-27)40(62)49-30(16-17-35(59)60)45(67)55-19-9-10-32(55)41(63)48-22-34(58)54-18-8-11-33(54)42(64)51-36(24(3)4)43(65)53-38(26(7)56)44(66)52-37(25(5)6)46(68)69/h12-15,23-26,29-33,36-38,56-57H,8-11,16-22,47H2,1-7H3,(H,48,63)(H,49,62)(H,50,61)(H,51,64)(H,52,66)(H,53,65)(H,59,60)(H,68,69). The summed E-state index contributed by atoms with van der Waals surface area (Å²) in [5.74, 6) is -9.71. The molecule has 2 aliphatic heterocycles. The molecule has 2 aliphatic rings. The van der Waals surface area contributed by atoms with Crippen molar-refractivity contribution < 1.29 is 68.4 Å². The summed E-state index contributed by atoms with van der Waals surface area (Å²) in [6, 6.07) is -3.84. The summed E-state index contributed by atoms with van der Waals surface area (Å²) in [7, 11) is 0. The third kappa shape index (κ3) is 17.0. The topological polar surface area (TPSA) is 356 Å². The highest BCUT2D eigenvalue weighted by molar-refractivity contribution is 5.98. The Morgan fingerprint density at radius 3 is 1.74 bits per heavy atom. The van der Waals surface area contributed by atoms with Crippen LogP contribution in [0.4, 0.5) is 0 Å². The molecule has 0 radical (unpaired) electrons. The van der Waals surface area contributed by atoms with Crippen LogP contribution in [-0.4, -0.2) is 163 Å². The molecule has 0 spiro atoms. The summed E-state index contributed by atoms with van der Waals surface area (Å²) in [5, 5.41) is 54.1. The molecule has 23 heteroatoms. The van der Waals surface area contributed by atoms with Crippen LogP contribution >= 0.6 is 0 Å². The molecule has 69 heavy (non-hydrogen) atoms. The van der Waals surface area contributed by atoms with E-state index >= 15 is 0 Å². The lowest BCUT2D eigenvalue weighted by atomic mass is 10.0. The van der Waals surface area contributed by atoms with Crippen LogP contribution in [0.15, 0.2) is 24.3 Å². The van der Waals surface area contributed by atoms with Crippen LogP contribution in [0.3, 0.4) is 0 Å². The van der Waals surface area contributed by atoms with E-state index in [-0.39, 0.29) is 56.9 Å². The first kappa shape index (κ1) is 57.0. The average Bonchev–Trinajstić information content (AvgIpc) is 3.98. The molecule has 0 aromatic heterocycles. The number of nitrogens with zero attached hydrogens (tertiary/aromatic N) is 2. The van der Waals surface area contributed by atoms with Gasteiger partial charge in [0.2, 0.25) is 47.3 Å². The average molecular weight is 974 g/mol. The number of aromatic hydroxyl groups is 1. The predicted octanol–water partition coefficient (Wildman–Crippen LogP) is -1.53. The van der Waals surface area contributed by atoms with E-state index in [1.54, 1.807) is 39.8 Å². The summed E-state index contributed by atoms with van der Waals surface area (Å²) in [5.41, 5.74) is 6.82. The number of rotatable bonds is 25. The molecule has 1 aromatic rings. The van der Waals surface area contributed by atoms with E-state index < -0.39 is 138 Å². The van der Waals surface area contributed by atoms with Gasteiger partial charge in [-0.05, 0) is 87.3 Å². The number of aliphatic hydroxyl groups excluding tert-OH is 1. The van der Waals surface area contributed by atoms with Crippen LogP contribution in [0.2, 0.25) is 0 Å². The maximum atomic E-state index is 14.1. The number of carboxylic acid groups (broad SMARTS) is 2. The molecule has 12 N–H and O–H groups in total. The highest BCUT2D eigenvalue weighted by Crippen LogP contribution is 2.22. The number of phenols is 1. The SMILES string of the molecule is CC(C)CC(NC(=O)C(N)Cc1ccc(O)cc1)C(=O)NC(CCC(=O)O)C(=O)N1CCCC1C(=O)NCC(=O)N1CCCC1C(=O)NC(C(=O)NC(C(=O)NC(C(=O)O)C(C)C)C(C)O)C(C)C. The molecule has 9 unspecified atom stereocenters. The lowest BCUT2D eigenvalue weighted by molar-refractivity contribution is -0.144. The van der Waals surface area contributed by atoms with Crippen LogP contribution in [0.25, 0.3) is 0 Å². The first-order valence-electron chi connectivity index (χ1n) is 23.4. The molecule has 0 bridgehead atoms. The van der Waals surface area contributed by atoms with Gasteiger partial charge in [-0.3, -0.25) is 43.2 Å². The van der Waals surface area contributed by atoms with Crippen LogP contribution in [0.5, 0.6) is 5.75 Å². The fourth-order valence-corrected chi connectivity index (χ4v) is 8.17. The minimum absolute atomic E-state index is 0.0333. The highest BCUT2D eigenvalue weighted by atomic mass is 16.4. The maximum absolute atomic E-state index is 14.1. The van der Waals surface area contributed by atoms with Gasteiger partial charge in [0.05, 0.1) is 18.7 Å². The van der Waals surface area contributed by atoms with Gasteiger partial charge in [0.25, 0.3) is 0 Å². The molecule has 0 saturated carbocycles. The molecule has 2 saturated heterocycles. The number of amides is 8. The Bertz CT molecular complexity index is 2010. The Labute approximate surface area is 401 Å². The van der Waals surface area contributed by atoms with Crippen molar-refractivity contribution in [3.05, 3.63) is 29.8 Å². The van der Waals surface area contributed by atoms with Gasteiger partial charge in [-0.1, -0.05) is 53.7 Å². The fourth-order valence-electron chi connectivity index (χ4n) is 8.17. The molecule has 9 atom stereocenters. The van der Waals surface area contributed by atoms with E-state index in [2.05, 4.69) is 31.9 Å². The molecular weight excluding hydrogens is 903 g/mol. The number of aliphatic hydroxyl groups is 1. The smallest absolute Gasteiger partial charge is 0.326 e. The highest BCUT2D eigenvalue weighted by Gasteiger charge is 2.41. The molecule has 384 valence electrons. The number of benzene rings is 1. The Kier molecular flexibility index (Phi) is 21.8. The van der Waals surface area contributed by atoms with Gasteiger partial charge in [0.1, 0.15) is 48.0 Å². The summed E-state index contributed by atoms with van der Waals surface area (Å²) < 4.78 is 0. The van der Waals surface area contributed by atoms with Crippen molar-refractivity contribution in [2.75, 3.05) is 19.6 Å². The number of aliphatic carboxylic acids is 2. The Balaban J connectivity index is 1.67. The second-order valence-corrected chi connectivity index (χ2v) is 18.8. The number of phenolic OH excluding ortho intramolecular Hbond substituents is 1. The molecule has 8 amide bonds. The van der Waals surface area contributed by atoms with E-state index in [1.807, 2.05) is 13.8 Å². The van der Waals surface area contributed by atoms with Crippen LogP contribution in [0.1, 0.15) is 99.0 Å². The van der Waals surface area contributed by atoms with Gasteiger partial charge in [-0.2, -0.15) is 0 Å². The molecule has 0 aliphatic carbocycles. The second-order valence-electron chi connectivity index (χ2n) is 18.8. The van der Waals surface area contributed by atoms with Crippen LogP contribution < -0.4 is 37.6 Å². The third-order valence-electron chi connectivity index (χ3n) is 12.0. The lowest BCUT2D eigenvalue weighted by Crippen LogP contribution is -2.61. The predicted molar refractivity (Wildman–Crippen MR) is 247 cm³/mol. The first-order valence-corrected chi connectivity index (χ1v) is 23.4. The zero-order valence-corrected chi connectivity index (χ0v) is 40.4. The van der Waals surface area contributed by atoms with Crippen LogP contribution in [-0.2, 0) is 54.4 Å². The number of hydrogen-bond acceptors (Lipinski definition) is 13. The van der Waals surface area contributed by atoms with Crippen molar-refractivity contribution in [3.8, 4) is 5.75 Å². The number of carbonyl (C=O) groups excluding carboxylic acids is 8. The quantitative estimate of drug-likeness (QED) is 0.0530. The van der Waals surface area contributed by atoms with Crippen molar-refractivity contribution in [2.45, 2.75) is 154 Å².